The molecule has 0 fully saturated rings. The SMILES string of the molecule is COc1cccc(C#N)c1-c1c(-c2cccc(-c3ccc(C(=O)O)cc3Cl)c2)n(S(=O)(=O)c2ccc(C(F)F)cc2)c2ccc(F)cc12. The normalized spacial score (nSPS) is 11.5. The van der Waals surface area contributed by atoms with Crippen molar-refractivity contribution in [3.8, 4) is 45.3 Å². The molecular weight excluding hydrogens is 665 g/mol. The number of aromatic nitrogens is 1. The summed E-state index contributed by atoms with van der Waals surface area (Å²) in [5, 5.41) is 19.8. The number of nitrogens with zero attached hydrogens (tertiary/aromatic N) is 2. The largest absolute Gasteiger partial charge is 0.496 e. The summed E-state index contributed by atoms with van der Waals surface area (Å²) in [4.78, 5) is 11.2. The Morgan fingerprint density at radius 3 is 2.27 bits per heavy atom. The van der Waals surface area contributed by atoms with E-state index in [1.54, 1.807) is 36.4 Å². The smallest absolute Gasteiger partial charge is 0.335 e. The molecule has 0 amide bonds. The fourth-order valence-corrected chi connectivity index (χ4v) is 7.49. The van der Waals surface area contributed by atoms with E-state index >= 15 is 4.39 Å². The Balaban J connectivity index is 1.75. The number of aromatic carboxylic acids is 1. The second-order valence-electron chi connectivity index (χ2n) is 10.6. The van der Waals surface area contributed by atoms with Gasteiger partial charge in [-0.2, -0.15) is 5.26 Å². The van der Waals surface area contributed by atoms with Gasteiger partial charge in [0.15, 0.2) is 0 Å². The molecule has 0 saturated carbocycles. The number of hydrogen-bond acceptors (Lipinski definition) is 5. The topological polar surface area (TPSA) is 109 Å². The molecule has 0 spiro atoms. The first kappa shape index (κ1) is 32.4. The summed E-state index contributed by atoms with van der Waals surface area (Å²) in [6.45, 7) is 0. The highest BCUT2D eigenvalue weighted by atomic mass is 35.5. The summed E-state index contributed by atoms with van der Waals surface area (Å²) < 4.78 is 77.6. The summed E-state index contributed by atoms with van der Waals surface area (Å²) in [6, 6.07) is 25.3. The summed E-state index contributed by atoms with van der Waals surface area (Å²) in [7, 11) is -3.21. The molecule has 0 aliphatic carbocycles. The van der Waals surface area contributed by atoms with Gasteiger partial charge in [0.05, 0.1) is 40.4 Å². The minimum atomic E-state index is -4.59. The molecule has 1 heterocycles. The highest BCUT2D eigenvalue weighted by molar-refractivity contribution is 7.90. The molecule has 0 aliphatic rings. The van der Waals surface area contributed by atoms with Crippen LogP contribution in [0.25, 0.3) is 44.4 Å². The first-order valence-electron chi connectivity index (χ1n) is 14.1. The van der Waals surface area contributed by atoms with Crippen molar-refractivity contribution in [1.82, 2.24) is 3.97 Å². The monoisotopic (exact) mass is 686 g/mol. The fraction of sp³-hybridized carbons (Fsp3) is 0.0556. The van der Waals surface area contributed by atoms with E-state index in [-0.39, 0.29) is 60.1 Å². The van der Waals surface area contributed by atoms with Gasteiger partial charge in [-0.05, 0) is 66.2 Å². The molecule has 0 radical (unpaired) electrons. The van der Waals surface area contributed by atoms with E-state index in [1.165, 1.54) is 37.4 Å². The van der Waals surface area contributed by atoms with Crippen LogP contribution in [0.15, 0.2) is 108 Å². The zero-order valence-corrected chi connectivity index (χ0v) is 26.4. The first-order valence-corrected chi connectivity index (χ1v) is 16.0. The van der Waals surface area contributed by atoms with E-state index in [0.29, 0.717) is 16.7 Å². The zero-order valence-electron chi connectivity index (χ0n) is 24.8. The van der Waals surface area contributed by atoms with E-state index in [1.807, 2.05) is 0 Å². The summed E-state index contributed by atoms with van der Waals surface area (Å²) >= 11 is 6.50. The molecule has 0 aliphatic heterocycles. The number of methoxy groups -OCH3 is 1. The van der Waals surface area contributed by atoms with Gasteiger partial charge in [-0.3, -0.25) is 0 Å². The minimum Gasteiger partial charge on any atom is -0.496 e. The molecule has 5 aromatic carbocycles. The Kier molecular flexibility index (Phi) is 8.47. The number of rotatable bonds is 8. The Morgan fingerprint density at radius 1 is 0.917 bits per heavy atom. The van der Waals surface area contributed by atoms with Crippen molar-refractivity contribution in [1.29, 1.82) is 5.26 Å². The predicted molar refractivity (Wildman–Crippen MR) is 175 cm³/mol. The third-order valence-electron chi connectivity index (χ3n) is 7.84. The van der Waals surface area contributed by atoms with E-state index < -0.39 is 28.2 Å². The van der Waals surface area contributed by atoms with Gasteiger partial charge >= 0.3 is 5.97 Å². The standard InChI is InChI=1S/C36H22ClF3N2O5S/c1-47-31-7-3-6-24(19-41)32(31)33-28-18-25(38)11-15-30(28)42(48(45,46)26-12-8-20(9-13-26)35(39)40)34(33)22-5-2-4-21(16-22)27-14-10-23(36(43)44)17-29(27)37/h2-18,35H,1H3,(H,43,44). The summed E-state index contributed by atoms with van der Waals surface area (Å²) in [5.74, 6) is -1.64. The molecule has 0 bridgehead atoms. The van der Waals surface area contributed by atoms with Crippen LogP contribution >= 0.6 is 11.6 Å². The highest BCUT2D eigenvalue weighted by Gasteiger charge is 2.31. The fourth-order valence-electron chi connectivity index (χ4n) is 5.66. The van der Waals surface area contributed by atoms with Crippen LogP contribution in [0.3, 0.4) is 0 Å². The van der Waals surface area contributed by atoms with Gasteiger partial charge in [-0.1, -0.05) is 54.1 Å². The number of benzene rings is 5. The van der Waals surface area contributed by atoms with E-state index in [9.17, 15) is 32.4 Å². The molecule has 1 N–H and O–H groups in total. The van der Waals surface area contributed by atoms with Crippen molar-refractivity contribution in [2.24, 2.45) is 0 Å². The molecular formula is C36H22ClF3N2O5S. The average Bonchev–Trinajstić information content (AvgIpc) is 3.42. The summed E-state index contributed by atoms with van der Waals surface area (Å²) in [6.07, 6.45) is -2.83. The third kappa shape index (κ3) is 5.55. The third-order valence-corrected chi connectivity index (χ3v) is 9.88. The summed E-state index contributed by atoms with van der Waals surface area (Å²) in [5.41, 5.74) is 1.36. The van der Waals surface area contributed by atoms with E-state index in [0.717, 1.165) is 40.4 Å². The molecule has 1 aromatic heterocycles. The maximum Gasteiger partial charge on any atom is 0.335 e. The lowest BCUT2D eigenvalue weighted by Gasteiger charge is -2.17. The second kappa shape index (κ2) is 12.6. The molecule has 0 unspecified atom stereocenters. The molecule has 6 aromatic rings. The van der Waals surface area contributed by atoms with E-state index in [2.05, 4.69) is 6.07 Å². The Bertz CT molecular complexity index is 2400. The quantitative estimate of drug-likeness (QED) is 0.171. The number of halogens is 4. The minimum absolute atomic E-state index is 0.0228. The molecule has 7 nitrogen and oxygen atoms in total. The number of fused-ring (bicyclic) bond motifs is 1. The van der Waals surface area contributed by atoms with Gasteiger partial charge in [0.2, 0.25) is 0 Å². The van der Waals surface area contributed by atoms with Crippen LogP contribution in [-0.2, 0) is 10.0 Å². The van der Waals surface area contributed by atoms with Crippen molar-refractivity contribution >= 4 is 38.5 Å². The molecule has 48 heavy (non-hydrogen) atoms. The molecule has 0 saturated heterocycles. The Morgan fingerprint density at radius 2 is 1.62 bits per heavy atom. The van der Waals surface area contributed by atoms with Crippen LogP contribution in [0.4, 0.5) is 13.2 Å². The van der Waals surface area contributed by atoms with Gasteiger partial charge in [0.1, 0.15) is 11.6 Å². The average molecular weight is 687 g/mol. The van der Waals surface area contributed by atoms with Crippen LogP contribution < -0.4 is 4.74 Å². The maximum absolute atomic E-state index is 15.0. The molecule has 0 atom stereocenters. The number of hydrogen-bond donors (Lipinski definition) is 1. The number of carboxylic acids is 1. The lowest BCUT2D eigenvalue weighted by molar-refractivity contribution is 0.0696. The van der Waals surface area contributed by atoms with Crippen molar-refractivity contribution in [3.63, 3.8) is 0 Å². The van der Waals surface area contributed by atoms with Crippen molar-refractivity contribution in [2.75, 3.05) is 7.11 Å². The van der Waals surface area contributed by atoms with Gasteiger partial charge in [-0.25, -0.2) is 30.4 Å². The molecule has 240 valence electrons. The molecule has 6 rings (SSSR count). The first-order chi connectivity index (χ1) is 23.0. The van der Waals surface area contributed by atoms with Crippen LogP contribution in [-0.4, -0.2) is 30.6 Å². The van der Waals surface area contributed by atoms with E-state index in [4.69, 9.17) is 16.3 Å². The number of alkyl halides is 2. The lowest BCUT2D eigenvalue weighted by Crippen LogP contribution is -2.14. The van der Waals surface area contributed by atoms with Gasteiger partial charge < -0.3 is 9.84 Å². The van der Waals surface area contributed by atoms with Crippen molar-refractivity contribution < 1.29 is 36.2 Å². The number of nitriles is 1. The van der Waals surface area contributed by atoms with Crippen LogP contribution in [0, 0.1) is 17.1 Å². The van der Waals surface area contributed by atoms with Crippen LogP contribution in [0.5, 0.6) is 5.75 Å². The second-order valence-corrected chi connectivity index (χ2v) is 12.8. The molecule has 12 heteroatoms. The Labute approximate surface area is 277 Å². The van der Waals surface area contributed by atoms with Crippen LogP contribution in [0.1, 0.15) is 27.9 Å². The van der Waals surface area contributed by atoms with Crippen LogP contribution in [0.2, 0.25) is 5.02 Å². The highest BCUT2D eigenvalue weighted by Crippen LogP contribution is 2.48. The van der Waals surface area contributed by atoms with Gasteiger partial charge in [-0.15, -0.1) is 0 Å². The lowest BCUT2D eigenvalue weighted by atomic mass is 9.93. The predicted octanol–water partition coefficient (Wildman–Crippen LogP) is 9.19. The van der Waals surface area contributed by atoms with Crippen molar-refractivity contribution in [3.05, 3.63) is 131 Å². The number of carboxylic acid groups (broad SMARTS) is 1. The van der Waals surface area contributed by atoms with Crippen molar-refractivity contribution in [2.45, 2.75) is 11.3 Å². The van der Waals surface area contributed by atoms with Gasteiger partial charge in [0.25, 0.3) is 16.4 Å². The van der Waals surface area contributed by atoms with Gasteiger partial charge in [0, 0.05) is 38.2 Å². The number of ether oxygens (including phenoxy) is 1. The number of carbonyl (C=O) groups is 1. The zero-order chi connectivity index (χ0) is 34.3. The Hall–Kier alpha value is -5.57. The maximum atomic E-state index is 15.0.